The summed E-state index contributed by atoms with van der Waals surface area (Å²) in [6, 6.07) is 11.6. The highest BCUT2D eigenvalue weighted by molar-refractivity contribution is 5.88. The van der Waals surface area contributed by atoms with E-state index >= 15 is 0 Å². The second-order valence-electron chi connectivity index (χ2n) is 8.83. The molecule has 0 bridgehead atoms. The Morgan fingerprint density at radius 1 is 1.21 bits per heavy atom. The summed E-state index contributed by atoms with van der Waals surface area (Å²) < 4.78 is 12.8. The maximum absolute atomic E-state index is 13.5. The van der Waals surface area contributed by atoms with Gasteiger partial charge in [0.05, 0.1) is 29.0 Å². The lowest BCUT2D eigenvalue weighted by Crippen LogP contribution is -2.47. The van der Waals surface area contributed by atoms with E-state index in [1.54, 1.807) is 17.6 Å². The van der Waals surface area contributed by atoms with E-state index in [1.807, 2.05) is 30.3 Å². The summed E-state index contributed by atoms with van der Waals surface area (Å²) in [6.07, 6.45) is 2.58. The van der Waals surface area contributed by atoms with Crippen LogP contribution >= 0.6 is 0 Å². The van der Waals surface area contributed by atoms with Gasteiger partial charge in [0.2, 0.25) is 5.60 Å². The lowest BCUT2D eigenvalue weighted by molar-refractivity contribution is -0.189. The first-order valence-electron chi connectivity index (χ1n) is 11.7. The first-order valence-corrected chi connectivity index (χ1v) is 11.7. The number of aromatic nitrogens is 2. The molecule has 2 aromatic heterocycles. The molecule has 34 heavy (non-hydrogen) atoms. The van der Waals surface area contributed by atoms with Crippen LogP contribution in [0.15, 0.2) is 41.2 Å². The molecule has 1 aromatic carbocycles. The molecule has 8 nitrogen and oxygen atoms in total. The normalized spacial score (nSPS) is 18.2. The van der Waals surface area contributed by atoms with Gasteiger partial charge in [0.25, 0.3) is 5.56 Å². The second-order valence-corrected chi connectivity index (χ2v) is 8.83. The summed E-state index contributed by atoms with van der Waals surface area (Å²) in [5, 5.41) is 0.997. The minimum atomic E-state index is -1.65. The van der Waals surface area contributed by atoms with E-state index in [0.29, 0.717) is 42.0 Å². The van der Waals surface area contributed by atoms with Crippen LogP contribution in [-0.4, -0.2) is 28.0 Å². The van der Waals surface area contributed by atoms with Crippen molar-refractivity contribution < 1.29 is 19.1 Å². The van der Waals surface area contributed by atoms with Crippen molar-refractivity contribution in [1.82, 2.24) is 9.55 Å². The third kappa shape index (κ3) is 3.49. The van der Waals surface area contributed by atoms with Crippen LogP contribution in [0, 0.1) is 0 Å². The largest absolute Gasteiger partial charge is 0.457 e. The van der Waals surface area contributed by atoms with Gasteiger partial charge in [0.15, 0.2) is 0 Å². The number of nitrogens with two attached hydrogens (primary N) is 1. The molecular formula is C26H27N3O5. The van der Waals surface area contributed by atoms with E-state index in [4.69, 9.17) is 20.2 Å². The lowest BCUT2D eigenvalue weighted by atomic mass is 9.85. The third-order valence-corrected chi connectivity index (χ3v) is 6.76. The zero-order valence-electron chi connectivity index (χ0n) is 19.1. The van der Waals surface area contributed by atoms with Crippen LogP contribution in [0.25, 0.3) is 22.3 Å². The van der Waals surface area contributed by atoms with Gasteiger partial charge in [0.1, 0.15) is 6.61 Å². The van der Waals surface area contributed by atoms with Gasteiger partial charge in [-0.25, -0.2) is 9.78 Å². The number of esters is 2. The zero-order valence-corrected chi connectivity index (χ0v) is 19.1. The van der Waals surface area contributed by atoms with Gasteiger partial charge in [-0.2, -0.15) is 0 Å². The van der Waals surface area contributed by atoms with Crippen molar-refractivity contribution in [3.8, 4) is 11.4 Å². The summed E-state index contributed by atoms with van der Waals surface area (Å²) >= 11 is 0. The number of para-hydroxylation sites is 1. The number of carbonyl (C=O) groups is 2. The predicted octanol–water partition coefficient (Wildman–Crippen LogP) is 3.15. The number of hydrogen-bond acceptors (Lipinski definition) is 7. The number of ether oxygens (including phenoxy) is 2. The van der Waals surface area contributed by atoms with E-state index in [0.717, 1.165) is 29.3 Å². The number of rotatable bonds is 7. The summed E-state index contributed by atoms with van der Waals surface area (Å²) in [7, 11) is 0. The molecule has 0 fully saturated rings. The number of cyclic esters (lactones) is 1. The molecule has 0 unspecified atom stereocenters. The van der Waals surface area contributed by atoms with Crippen LogP contribution in [0.5, 0.6) is 0 Å². The van der Waals surface area contributed by atoms with Crippen molar-refractivity contribution in [3.63, 3.8) is 0 Å². The standard InChI is InChI=1S/C26H27N3O5/c1-2-26(34-22(30)10-4-3-7-11-27)19-13-21-23-17(12-16-8-5-6-9-20(16)28-23)14-29(21)24(31)18(19)15-33-25(26)32/h5-6,8-9,12-13H,2-4,7,10-11,14-15,27H2,1H3/t26-/m0/s1. The molecule has 8 heteroatoms. The number of hydrogen-bond donors (Lipinski definition) is 1. The highest BCUT2D eigenvalue weighted by Gasteiger charge is 2.50. The van der Waals surface area contributed by atoms with Gasteiger partial charge >= 0.3 is 11.9 Å². The van der Waals surface area contributed by atoms with Gasteiger partial charge in [-0.05, 0) is 44.0 Å². The first kappa shape index (κ1) is 22.3. The number of nitrogens with zero attached hydrogens (tertiary/aromatic N) is 2. The summed E-state index contributed by atoms with van der Waals surface area (Å²) in [4.78, 5) is 44.0. The number of carbonyl (C=O) groups excluding carboxylic acids is 2. The molecule has 0 amide bonds. The van der Waals surface area contributed by atoms with E-state index in [9.17, 15) is 14.4 Å². The molecule has 0 saturated carbocycles. The van der Waals surface area contributed by atoms with Crippen molar-refractivity contribution in [2.45, 2.75) is 57.8 Å². The van der Waals surface area contributed by atoms with Crippen LogP contribution in [-0.2, 0) is 37.8 Å². The van der Waals surface area contributed by atoms with E-state index in [-0.39, 0.29) is 25.0 Å². The first-order chi connectivity index (χ1) is 16.5. The number of pyridine rings is 2. The summed E-state index contributed by atoms with van der Waals surface area (Å²) in [5.74, 6) is -1.14. The molecule has 0 saturated heterocycles. The fourth-order valence-electron chi connectivity index (χ4n) is 4.92. The van der Waals surface area contributed by atoms with Crippen molar-refractivity contribution >= 4 is 22.8 Å². The predicted molar refractivity (Wildman–Crippen MR) is 126 cm³/mol. The van der Waals surface area contributed by atoms with Crippen LogP contribution in [0.2, 0.25) is 0 Å². The average Bonchev–Trinajstić information content (AvgIpc) is 3.20. The smallest absolute Gasteiger partial charge is 0.355 e. The second kappa shape index (κ2) is 8.68. The van der Waals surface area contributed by atoms with Gasteiger partial charge in [0, 0.05) is 22.9 Å². The molecule has 2 N–H and O–H groups in total. The average molecular weight is 462 g/mol. The molecule has 2 aliphatic heterocycles. The van der Waals surface area contributed by atoms with E-state index in [2.05, 4.69) is 0 Å². The molecule has 4 heterocycles. The van der Waals surface area contributed by atoms with Crippen molar-refractivity contribution in [3.05, 3.63) is 63.4 Å². The molecule has 2 aliphatic rings. The van der Waals surface area contributed by atoms with Gasteiger partial charge in [-0.3, -0.25) is 9.59 Å². The number of fused-ring (bicyclic) bond motifs is 5. The minimum Gasteiger partial charge on any atom is -0.457 e. The summed E-state index contributed by atoms with van der Waals surface area (Å²) in [6.45, 7) is 2.56. The summed E-state index contributed by atoms with van der Waals surface area (Å²) in [5.41, 5.74) is 7.45. The number of benzene rings is 1. The van der Waals surface area contributed by atoms with Crippen molar-refractivity contribution in [2.75, 3.05) is 6.54 Å². The molecule has 0 aliphatic carbocycles. The lowest BCUT2D eigenvalue weighted by Gasteiger charge is -2.35. The zero-order chi connectivity index (χ0) is 23.9. The highest BCUT2D eigenvalue weighted by Crippen LogP contribution is 2.41. The topological polar surface area (TPSA) is 114 Å². The van der Waals surface area contributed by atoms with Crippen molar-refractivity contribution in [2.24, 2.45) is 5.73 Å². The van der Waals surface area contributed by atoms with Crippen LogP contribution in [0.4, 0.5) is 0 Å². The highest BCUT2D eigenvalue weighted by atomic mass is 16.6. The van der Waals surface area contributed by atoms with Crippen LogP contribution < -0.4 is 11.3 Å². The Morgan fingerprint density at radius 2 is 2.03 bits per heavy atom. The molecular weight excluding hydrogens is 434 g/mol. The maximum Gasteiger partial charge on any atom is 0.355 e. The molecule has 0 spiro atoms. The molecule has 1 atom stereocenters. The van der Waals surface area contributed by atoms with Crippen LogP contribution in [0.1, 0.15) is 55.7 Å². The molecule has 5 rings (SSSR count). The van der Waals surface area contributed by atoms with Gasteiger partial charge in [-0.15, -0.1) is 0 Å². The van der Waals surface area contributed by atoms with Crippen molar-refractivity contribution in [1.29, 1.82) is 0 Å². The Bertz CT molecular complexity index is 1360. The molecule has 176 valence electrons. The Balaban J connectivity index is 1.59. The van der Waals surface area contributed by atoms with E-state index < -0.39 is 17.5 Å². The Labute approximate surface area is 196 Å². The fraction of sp³-hybridized carbons (Fsp3) is 0.385. The van der Waals surface area contributed by atoms with Gasteiger partial charge < -0.3 is 19.8 Å². The molecule has 3 aromatic rings. The Hall–Kier alpha value is -3.52. The van der Waals surface area contributed by atoms with Crippen LogP contribution in [0.3, 0.4) is 0 Å². The fourth-order valence-corrected chi connectivity index (χ4v) is 4.92. The monoisotopic (exact) mass is 461 g/mol. The maximum atomic E-state index is 13.5. The Kier molecular flexibility index (Phi) is 5.69. The Morgan fingerprint density at radius 3 is 2.82 bits per heavy atom. The SMILES string of the molecule is CC[C@@]1(OC(=O)CCCCCN)C(=O)OCc2c1cc1n(c2=O)Cc2cc3ccccc3nc2-1. The number of unbranched alkanes of at least 4 members (excludes halogenated alkanes) is 2. The third-order valence-electron chi connectivity index (χ3n) is 6.76. The van der Waals surface area contributed by atoms with E-state index in [1.165, 1.54) is 0 Å². The quantitative estimate of drug-likeness (QED) is 0.332. The molecule has 0 radical (unpaired) electrons. The minimum absolute atomic E-state index is 0.144. The van der Waals surface area contributed by atoms with Gasteiger partial charge in [-0.1, -0.05) is 31.5 Å².